The minimum atomic E-state index is 0.995. The molecule has 0 amide bonds. The normalized spacial score (nSPS) is 10.4. The third-order valence-electron chi connectivity index (χ3n) is 1.89. The van der Waals surface area contributed by atoms with Crippen LogP contribution >= 0.6 is 0 Å². The summed E-state index contributed by atoms with van der Waals surface area (Å²) >= 11 is 0. The molecule has 0 saturated carbocycles. The van der Waals surface area contributed by atoms with Crippen LogP contribution in [0.25, 0.3) is 0 Å². The molecule has 0 spiro atoms. The van der Waals surface area contributed by atoms with Gasteiger partial charge in [0.1, 0.15) is 0 Å². The average molecular weight is 156 g/mol. The molecule has 0 N–H and O–H groups in total. The lowest BCUT2D eigenvalue weighted by Gasteiger charge is -1.99. The van der Waals surface area contributed by atoms with Gasteiger partial charge in [-0.05, 0) is 6.42 Å². The summed E-state index contributed by atoms with van der Waals surface area (Å²) in [6.07, 6.45) is 8.26. The van der Waals surface area contributed by atoms with Crippen molar-refractivity contribution in [3.63, 3.8) is 0 Å². The molecule has 0 aromatic rings. The van der Waals surface area contributed by atoms with Crippen molar-refractivity contribution >= 4 is 0 Å². The van der Waals surface area contributed by atoms with Gasteiger partial charge in [-0.3, -0.25) is 0 Å². The number of nitrogens with zero attached hydrogens (tertiary/aromatic N) is 1. The third kappa shape index (κ3) is 9.96. The molecule has 0 unspecified atom stereocenters. The zero-order valence-corrected chi connectivity index (χ0v) is 8.10. The molecule has 0 atom stereocenters. The van der Waals surface area contributed by atoms with E-state index in [0.717, 1.165) is 13.1 Å². The second-order valence-electron chi connectivity index (χ2n) is 3.03. The van der Waals surface area contributed by atoms with Gasteiger partial charge >= 0.3 is 0 Å². The van der Waals surface area contributed by atoms with Crippen LogP contribution in [0.15, 0.2) is 0 Å². The average Bonchev–Trinajstić information content (AvgIpc) is 2.03. The van der Waals surface area contributed by atoms with Crippen LogP contribution in [-0.2, 0) is 0 Å². The van der Waals surface area contributed by atoms with Crippen LogP contribution in [0.3, 0.4) is 0 Å². The molecule has 0 fully saturated rings. The van der Waals surface area contributed by atoms with Gasteiger partial charge in [0.2, 0.25) is 0 Å². The molecule has 0 aliphatic carbocycles. The molecule has 0 rings (SSSR count). The van der Waals surface area contributed by atoms with Gasteiger partial charge in [0.05, 0.1) is 0 Å². The van der Waals surface area contributed by atoms with Crippen molar-refractivity contribution < 1.29 is 0 Å². The van der Waals surface area contributed by atoms with E-state index in [0.29, 0.717) is 0 Å². The Hall–Kier alpha value is -0.0400. The fourth-order valence-corrected chi connectivity index (χ4v) is 1.16. The molecular formula is C10H22N. The van der Waals surface area contributed by atoms with Crippen molar-refractivity contribution in [1.82, 2.24) is 5.32 Å². The Morgan fingerprint density at radius 1 is 0.818 bits per heavy atom. The summed E-state index contributed by atoms with van der Waals surface area (Å²) in [4.78, 5) is 0. The lowest BCUT2D eigenvalue weighted by Crippen LogP contribution is -2.04. The van der Waals surface area contributed by atoms with Crippen LogP contribution in [0, 0.1) is 0 Å². The summed E-state index contributed by atoms with van der Waals surface area (Å²) in [5.74, 6) is 0. The molecule has 1 nitrogen and oxygen atoms in total. The maximum atomic E-state index is 4.29. The monoisotopic (exact) mass is 156 g/mol. The molecule has 1 heteroatoms. The maximum absolute atomic E-state index is 4.29. The molecule has 67 valence electrons. The molecule has 0 aromatic carbocycles. The van der Waals surface area contributed by atoms with E-state index in [4.69, 9.17) is 0 Å². The lowest BCUT2D eigenvalue weighted by atomic mass is 10.1. The van der Waals surface area contributed by atoms with Crippen LogP contribution in [0.4, 0.5) is 0 Å². The quantitative estimate of drug-likeness (QED) is 0.480. The number of hydrogen-bond acceptors (Lipinski definition) is 0. The molecule has 1 radical (unpaired) electrons. The van der Waals surface area contributed by atoms with Gasteiger partial charge in [-0.1, -0.05) is 46.0 Å². The molecule has 11 heavy (non-hydrogen) atoms. The molecule has 0 aromatic heterocycles. The highest BCUT2D eigenvalue weighted by Crippen LogP contribution is 2.03. The van der Waals surface area contributed by atoms with Crippen LogP contribution in [0.1, 0.15) is 52.4 Å². The van der Waals surface area contributed by atoms with E-state index in [1.807, 2.05) is 0 Å². The molecule has 0 saturated heterocycles. The van der Waals surface area contributed by atoms with Gasteiger partial charge in [-0.15, -0.1) is 0 Å². The maximum Gasteiger partial charge on any atom is 0.0133 e. The van der Waals surface area contributed by atoms with E-state index in [1.54, 1.807) is 0 Å². The first kappa shape index (κ1) is 11.0. The summed E-state index contributed by atoms with van der Waals surface area (Å²) in [6, 6.07) is 0. The van der Waals surface area contributed by atoms with Gasteiger partial charge in [0.15, 0.2) is 0 Å². The first-order valence-electron chi connectivity index (χ1n) is 5.05. The van der Waals surface area contributed by atoms with Crippen LogP contribution in [-0.4, -0.2) is 13.1 Å². The van der Waals surface area contributed by atoms with Gasteiger partial charge in [0, 0.05) is 13.1 Å². The van der Waals surface area contributed by atoms with E-state index in [9.17, 15) is 0 Å². The van der Waals surface area contributed by atoms with Crippen LogP contribution < -0.4 is 5.32 Å². The van der Waals surface area contributed by atoms with E-state index < -0.39 is 0 Å². The Labute approximate surface area is 71.6 Å². The summed E-state index contributed by atoms with van der Waals surface area (Å²) in [5, 5.41) is 4.29. The van der Waals surface area contributed by atoms with E-state index >= 15 is 0 Å². The van der Waals surface area contributed by atoms with Crippen molar-refractivity contribution in [2.24, 2.45) is 0 Å². The summed E-state index contributed by atoms with van der Waals surface area (Å²) in [5.41, 5.74) is 0. The zero-order chi connectivity index (χ0) is 8.36. The van der Waals surface area contributed by atoms with Gasteiger partial charge < -0.3 is 0 Å². The van der Waals surface area contributed by atoms with Gasteiger partial charge in [-0.2, -0.15) is 0 Å². The SMILES string of the molecule is CCCCCCCC[N]CC. The Balaban J connectivity index is 2.69. The van der Waals surface area contributed by atoms with Crippen molar-refractivity contribution in [2.75, 3.05) is 13.1 Å². The molecule has 0 aliphatic heterocycles. The van der Waals surface area contributed by atoms with E-state index in [-0.39, 0.29) is 0 Å². The Kier molecular flexibility index (Phi) is 9.92. The fraction of sp³-hybridized carbons (Fsp3) is 1.00. The lowest BCUT2D eigenvalue weighted by molar-refractivity contribution is 0.575. The fourth-order valence-electron chi connectivity index (χ4n) is 1.16. The van der Waals surface area contributed by atoms with Gasteiger partial charge in [-0.25, -0.2) is 5.32 Å². The molecule has 0 bridgehead atoms. The van der Waals surface area contributed by atoms with E-state index in [2.05, 4.69) is 19.2 Å². The van der Waals surface area contributed by atoms with Gasteiger partial charge in [0.25, 0.3) is 0 Å². The largest absolute Gasteiger partial charge is 0.242 e. The van der Waals surface area contributed by atoms with Crippen LogP contribution in [0.5, 0.6) is 0 Å². The van der Waals surface area contributed by atoms with Crippen molar-refractivity contribution in [2.45, 2.75) is 52.4 Å². The topological polar surface area (TPSA) is 14.1 Å². The first-order chi connectivity index (χ1) is 5.41. The zero-order valence-electron chi connectivity index (χ0n) is 8.10. The van der Waals surface area contributed by atoms with Crippen molar-refractivity contribution in [1.29, 1.82) is 0 Å². The van der Waals surface area contributed by atoms with E-state index in [1.165, 1.54) is 38.5 Å². The minimum Gasteiger partial charge on any atom is -0.242 e. The van der Waals surface area contributed by atoms with Crippen molar-refractivity contribution in [3.05, 3.63) is 0 Å². The standard InChI is InChI=1S/C10H22N/c1-3-5-6-7-8-9-10-11-4-2/h3-10H2,1-2H3. The Morgan fingerprint density at radius 2 is 1.45 bits per heavy atom. The van der Waals surface area contributed by atoms with Crippen molar-refractivity contribution in [3.8, 4) is 0 Å². The molecule has 0 heterocycles. The second kappa shape index (κ2) is 9.96. The smallest absolute Gasteiger partial charge is 0.0133 e. The summed E-state index contributed by atoms with van der Waals surface area (Å²) in [6.45, 7) is 6.45. The highest BCUT2D eigenvalue weighted by molar-refractivity contribution is 4.46. The summed E-state index contributed by atoms with van der Waals surface area (Å²) < 4.78 is 0. The predicted molar refractivity (Wildman–Crippen MR) is 50.9 cm³/mol. The number of hydrogen-bond donors (Lipinski definition) is 0. The predicted octanol–water partition coefficient (Wildman–Crippen LogP) is 2.97. The highest BCUT2D eigenvalue weighted by atomic mass is 14.8. The number of unbranched alkanes of at least 4 members (excludes halogenated alkanes) is 5. The Bertz CT molecular complexity index is 53.9. The number of rotatable bonds is 8. The first-order valence-corrected chi connectivity index (χ1v) is 5.05. The summed E-state index contributed by atoms with van der Waals surface area (Å²) in [7, 11) is 0. The molecular weight excluding hydrogens is 134 g/mol. The van der Waals surface area contributed by atoms with Crippen LogP contribution in [0.2, 0.25) is 0 Å². The third-order valence-corrected chi connectivity index (χ3v) is 1.89. The molecule has 0 aliphatic rings. The second-order valence-corrected chi connectivity index (χ2v) is 3.03. The Morgan fingerprint density at radius 3 is 2.09 bits per heavy atom. The minimum absolute atomic E-state index is 0.995. The highest BCUT2D eigenvalue weighted by Gasteiger charge is 1.88.